The Morgan fingerprint density at radius 3 is 3.00 bits per heavy atom. The lowest BCUT2D eigenvalue weighted by Gasteiger charge is -1.97. The first-order valence-electron chi connectivity index (χ1n) is 3.32. The Morgan fingerprint density at radius 2 is 2.25 bits per heavy atom. The molecule has 5 heteroatoms. The monoisotopic (exact) mass is 182 g/mol. The molecule has 1 atom stereocenters. The highest BCUT2D eigenvalue weighted by atomic mass is 32.2. The van der Waals surface area contributed by atoms with Crippen LogP contribution in [0.4, 0.5) is 0 Å². The molecule has 0 saturated carbocycles. The van der Waals surface area contributed by atoms with E-state index in [4.69, 9.17) is 4.55 Å². The fourth-order valence-corrected chi connectivity index (χ4v) is 1.55. The van der Waals surface area contributed by atoms with Gasteiger partial charge in [-0.1, -0.05) is 6.07 Å². The molecule has 0 spiro atoms. The van der Waals surface area contributed by atoms with E-state index in [0.29, 0.717) is 0 Å². The number of hydrogen-bond donors (Lipinski definition) is 1. The predicted molar refractivity (Wildman–Crippen MR) is 44.2 cm³/mol. The Labute approximate surface area is 71.1 Å². The Bertz CT molecular complexity index is 438. The van der Waals surface area contributed by atoms with E-state index in [1.165, 1.54) is 4.52 Å². The van der Waals surface area contributed by atoms with E-state index in [-0.39, 0.29) is 5.03 Å². The molecule has 2 heterocycles. The average Bonchev–Trinajstić information content (AvgIpc) is 2.49. The minimum absolute atomic E-state index is 0.289. The van der Waals surface area contributed by atoms with Gasteiger partial charge in [0.05, 0.1) is 11.7 Å². The van der Waals surface area contributed by atoms with Gasteiger partial charge in [0.15, 0.2) is 5.03 Å². The highest BCUT2D eigenvalue weighted by Crippen LogP contribution is 2.08. The summed E-state index contributed by atoms with van der Waals surface area (Å²) in [6, 6.07) is 6.89. The largest absolute Gasteiger partial charge is 0.301 e. The average molecular weight is 182 g/mol. The fraction of sp³-hybridized carbons (Fsp3) is 0. The van der Waals surface area contributed by atoms with Crippen LogP contribution < -0.4 is 0 Å². The zero-order chi connectivity index (χ0) is 8.55. The van der Waals surface area contributed by atoms with Crippen molar-refractivity contribution < 1.29 is 8.76 Å². The fourth-order valence-electron chi connectivity index (χ4n) is 1.06. The highest BCUT2D eigenvalue weighted by Gasteiger charge is 2.04. The topological polar surface area (TPSA) is 54.6 Å². The van der Waals surface area contributed by atoms with Crippen LogP contribution in [0, 0.1) is 0 Å². The van der Waals surface area contributed by atoms with Gasteiger partial charge in [-0.05, 0) is 18.2 Å². The maximum atomic E-state index is 10.8. The van der Waals surface area contributed by atoms with Crippen LogP contribution in [0.3, 0.4) is 0 Å². The molecule has 0 aliphatic rings. The molecule has 0 amide bonds. The number of fused-ring (bicyclic) bond motifs is 1. The van der Waals surface area contributed by atoms with Gasteiger partial charge in [0.1, 0.15) is 0 Å². The normalized spacial score (nSPS) is 13.4. The van der Waals surface area contributed by atoms with Crippen LogP contribution in [0.15, 0.2) is 35.5 Å². The van der Waals surface area contributed by atoms with E-state index in [2.05, 4.69) is 5.10 Å². The van der Waals surface area contributed by atoms with Gasteiger partial charge < -0.3 is 4.55 Å². The predicted octanol–water partition coefficient (Wildman–Crippen LogP) is 0.915. The van der Waals surface area contributed by atoms with Gasteiger partial charge >= 0.3 is 0 Å². The van der Waals surface area contributed by atoms with E-state index < -0.39 is 11.1 Å². The summed E-state index contributed by atoms with van der Waals surface area (Å²) >= 11 is -1.98. The van der Waals surface area contributed by atoms with Crippen molar-refractivity contribution in [2.45, 2.75) is 5.03 Å². The van der Waals surface area contributed by atoms with Crippen molar-refractivity contribution in [3.8, 4) is 0 Å². The van der Waals surface area contributed by atoms with Crippen LogP contribution in [0.25, 0.3) is 5.52 Å². The lowest BCUT2D eigenvalue weighted by atomic mass is 10.4. The molecule has 1 N–H and O–H groups in total. The van der Waals surface area contributed by atoms with Crippen LogP contribution in [-0.2, 0) is 11.1 Å². The van der Waals surface area contributed by atoms with Gasteiger partial charge in [0, 0.05) is 0 Å². The lowest BCUT2D eigenvalue weighted by molar-refractivity contribution is 0.556. The summed E-state index contributed by atoms with van der Waals surface area (Å²) in [6.07, 6.45) is 1.59. The third-order valence-electron chi connectivity index (χ3n) is 1.57. The number of hydrogen-bond acceptors (Lipinski definition) is 2. The van der Waals surface area contributed by atoms with Crippen molar-refractivity contribution in [3.05, 3.63) is 30.5 Å². The zero-order valence-corrected chi connectivity index (χ0v) is 6.86. The number of aromatic nitrogens is 2. The quantitative estimate of drug-likeness (QED) is 0.667. The second-order valence-electron chi connectivity index (χ2n) is 2.28. The van der Waals surface area contributed by atoms with E-state index in [1.54, 1.807) is 24.4 Å². The molecule has 0 bridgehead atoms. The first-order chi connectivity index (χ1) is 5.79. The Morgan fingerprint density at radius 1 is 1.42 bits per heavy atom. The van der Waals surface area contributed by atoms with Gasteiger partial charge in [-0.3, -0.25) is 0 Å². The van der Waals surface area contributed by atoms with E-state index in [1.807, 2.05) is 6.07 Å². The molecule has 0 radical (unpaired) electrons. The van der Waals surface area contributed by atoms with Crippen molar-refractivity contribution in [2.24, 2.45) is 0 Å². The zero-order valence-electron chi connectivity index (χ0n) is 6.04. The van der Waals surface area contributed by atoms with Crippen LogP contribution >= 0.6 is 0 Å². The summed E-state index contributed by atoms with van der Waals surface area (Å²) in [4.78, 5) is 0. The van der Waals surface area contributed by atoms with E-state index in [9.17, 15) is 4.21 Å². The van der Waals surface area contributed by atoms with Gasteiger partial charge in [-0.15, -0.1) is 0 Å². The number of rotatable bonds is 1. The van der Waals surface area contributed by atoms with Crippen molar-refractivity contribution >= 4 is 16.6 Å². The van der Waals surface area contributed by atoms with Crippen LogP contribution in [-0.4, -0.2) is 18.4 Å². The summed E-state index contributed by atoms with van der Waals surface area (Å²) in [5, 5.41) is 4.19. The van der Waals surface area contributed by atoms with Gasteiger partial charge in [0.2, 0.25) is 11.1 Å². The molecular weight excluding hydrogens is 176 g/mol. The Kier molecular flexibility index (Phi) is 1.67. The SMILES string of the molecule is O=S(O)c1cccc2ccnn12. The molecule has 12 heavy (non-hydrogen) atoms. The molecule has 2 aromatic rings. The summed E-state index contributed by atoms with van der Waals surface area (Å²) in [6.45, 7) is 0. The first kappa shape index (κ1) is 7.45. The van der Waals surface area contributed by atoms with E-state index >= 15 is 0 Å². The molecule has 0 aliphatic carbocycles. The third kappa shape index (κ3) is 1.03. The summed E-state index contributed by atoms with van der Waals surface area (Å²) in [5.74, 6) is 0. The number of nitrogens with zero attached hydrogens (tertiary/aromatic N) is 2. The van der Waals surface area contributed by atoms with Crippen molar-refractivity contribution in [1.82, 2.24) is 9.61 Å². The summed E-state index contributed by atoms with van der Waals surface area (Å²) < 4.78 is 21.1. The van der Waals surface area contributed by atoms with Gasteiger partial charge in [-0.25, -0.2) is 8.72 Å². The smallest absolute Gasteiger partial charge is 0.205 e. The second-order valence-corrected chi connectivity index (χ2v) is 3.20. The molecule has 0 aliphatic heterocycles. The molecule has 0 saturated heterocycles. The Hall–Kier alpha value is -1.20. The van der Waals surface area contributed by atoms with Crippen LogP contribution in [0.2, 0.25) is 0 Å². The van der Waals surface area contributed by atoms with E-state index in [0.717, 1.165) is 5.52 Å². The molecule has 0 aromatic carbocycles. The maximum Gasteiger partial charge on any atom is 0.205 e. The summed E-state index contributed by atoms with van der Waals surface area (Å²) in [5.41, 5.74) is 0.815. The van der Waals surface area contributed by atoms with Gasteiger partial charge in [0.25, 0.3) is 0 Å². The molecule has 2 rings (SSSR count). The molecule has 1 unspecified atom stereocenters. The molecule has 2 aromatic heterocycles. The van der Waals surface area contributed by atoms with Crippen molar-refractivity contribution in [1.29, 1.82) is 0 Å². The Balaban J connectivity index is 2.82. The molecule has 4 nitrogen and oxygen atoms in total. The van der Waals surface area contributed by atoms with Gasteiger partial charge in [-0.2, -0.15) is 5.10 Å². The molecule has 62 valence electrons. The van der Waals surface area contributed by atoms with Crippen LogP contribution in [0.5, 0.6) is 0 Å². The number of pyridine rings is 1. The standard InChI is InChI=1S/C7H6N2O2S/c10-12(11)7-3-1-2-6-4-5-8-9(6)7/h1-5H,(H,10,11). The van der Waals surface area contributed by atoms with Crippen molar-refractivity contribution in [2.75, 3.05) is 0 Å². The third-order valence-corrected chi connectivity index (χ3v) is 2.23. The maximum absolute atomic E-state index is 10.8. The highest BCUT2D eigenvalue weighted by molar-refractivity contribution is 7.79. The molecule has 0 fully saturated rings. The minimum Gasteiger partial charge on any atom is -0.301 e. The summed E-state index contributed by atoms with van der Waals surface area (Å²) in [7, 11) is 0. The van der Waals surface area contributed by atoms with Crippen molar-refractivity contribution in [3.63, 3.8) is 0 Å². The molecular formula is C7H6N2O2S. The first-order valence-corrected chi connectivity index (χ1v) is 4.43. The van der Waals surface area contributed by atoms with Crippen LogP contribution in [0.1, 0.15) is 0 Å². The minimum atomic E-state index is -1.98. The second kappa shape index (κ2) is 2.69. The lowest BCUT2D eigenvalue weighted by Crippen LogP contribution is -1.99.